The number of rotatable bonds is 15. The zero-order chi connectivity index (χ0) is 17.8. The Labute approximate surface area is 143 Å². The van der Waals surface area contributed by atoms with Gasteiger partial charge in [-0.3, -0.25) is 0 Å². The second-order valence-corrected chi connectivity index (χ2v) is 6.51. The summed E-state index contributed by atoms with van der Waals surface area (Å²) < 4.78 is 22.3. The molecule has 5 heteroatoms. The number of methoxy groups -OCH3 is 3. The van der Waals surface area contributed by atoms with E-state index < -0.39 is 11.5 Å². The third-order valence-corrected chi connectivity index (χ3v) is 4.39. The Bertz CT molecular complexity index is 274. The fraction of sp³-hybridized carbons (Fsp3) is 1.00. The summed E-state index contributed by atoms with van der Waals surface area (Å²) in [7, 11) is 4.71. The highest BCUT2D eigenvalue weighted by molar-refractivity contribution is 4.93. The van der Waals surface area contributed by atoms with Crippen LogP contribution in [0.4, 0.5) is 0 Å². The molecule has 0 heterocycles. The van der Waals surface area contributed by atoms with Gasteiger partial charge in [-0.25, -0.2) is 0 Å². The number of unbranched alkanes of at least 4 members (excludes halogenated alkanes) is 5. The Morgan fingerprint density at radius 3 is 1.83 bits per heavy atom. The summed E-state index contributed by atoms with van der Waals surface area (Å²) in [5.41, 5.74) is 5.94. The molecule has 2 N–H and O–H groups in total. The van der Waals surface area contributed by atoms with Crippen LogP contribution in [0.25, 0.3) is 0 Å². The quantitative estimate of drug-likeness (QED) is 0.364. The molecule has 140 valence electrons. The molecule has 1 atom stereocenters. The lowest BCUT2D eigenvalue weighted by atomic mass is 9.86. The predicted molar refractivity (Wildman–Crippen MR) is 94.4 cm³/mol. The molecule has 0 amide bonds. The molecule has 0 radical (unpaired) electrons. The summed E-state index contributed by atoms with van der Waals surface area (Å²) in [6.45, 7) is 6.82. The summed E-state index contributed by atoms with van der Waals surface area (Å²) in [4.78, 5) is 0. The fourth-order valence-electron chi connectivity index (χ4n) is 2.99. The van der Waals surface area contributed by atoms with Crippen molar-refractivity contribution in [1.82, 2.24) is 0 Å². The number of hydrogen-bond acceptors (Lipinski definition) is 5. The predicted octanol–water partition coefficient (Wildman–Crippen LogP) is 3.84. The Balaban J connectivity index is 4.71. The van der Waals surface area contributed by atoms with Crippen LogP contribution in [0.5, 0.6) is 0 Å². The Morgan fingerprint density at radius 2 is 1.35 bits per heavy atom. The van der Waals surface area contributed by atoms with E-state index in [1.54, 1.807) is 21.3 Å². The van der Waals surface area contributed by atoms with Gasteiger partial charge in [0.2, 0.25) is 0 Å². The Hall–Kier alpha value is -0.200. The molecule has 0 aromatic rings. The van der Waals surface area contributed by atoms with Gasteiger partial charge in [0.15, 0.2) is 0 Å². The number of ether oxygens (including phenoxy) is 4. The van der Waals surface area contributed by atoms with E-state index in [4.69, 9.17) is 24.7 Å². The number of nitrogens with two attached hydrogens (primary N) is 1. The van der Waals surface area contributed by atoms with Gasteiger partial charge in [-0.1, -0.05) is 45.4 Å². The second-order valence-electron chi connectivity index (χ2n) is 6.51. The minimum atomic E-state index is -1.24. The first kappa shape index (κ1) is 22.8. The molecule has 5 nitrogen and oxygen atoms in total. The first-order valence-corrected chi connectivity index (χ1v) is 8.97. The minimum absolute atomic E-state index is 0.176. The van der Waals surface area contributed by atoms with E-state index >= 15 is 0 Å². The smallest absolute Gasteiger partial charge is 0.301 e. The molecule has 0 rings (SSSR count). The van der Waals surface area contributed by atoms with Gasteiger partial charge in [-0.05, 0) is 26.7 Å². The van der Waals surface area contributed by atoms with Crippen LogP contribution in [0.3, 0.4) is 0 Å². The third kappa shape index (κ3) is 7.48. The molecule has 0 aromatic carbocycles. The van der Waals surface area contributed by atoms with E-state index in [0.29, 0.717) is 13.0 Å². The van der Waals surface area contributed by atoms with Crippen LogP contribution in [0.2, 0.25) is 0 Å². The van der Waals surface area contributed by atoms with Gasteiger partial charge in [0, 0.05) is 27.9 Å². The maximum Gasteiger partial charge on any atom is 0.301 e. The lowest BCUT2D eigenvalue weighted by Crippen LogP contribution is -2.64. The minimum Gasteiger partial charge on any atom is -0.379 e. The normalized spacial score (nSPS) is 15.1. The SMILES string of the molecule is CCCCCCCCC(N)(CCOC(C)C)C(OC)(OC)OC. The van der Waals surface area contributed by atoms with E-state index in [1.165, 1.54) is 25.7 Å². The Morgan fingerprint density at radius 1 is 0.826 bits per heavy atom. The van der Waals surface area contributed by atoms with Crippen molar-refractivity contribution in [3.05, 3.63) is 0 Å². The molecule has 23 heavy (non-hydrogen) atoms. The summed E-state index contributed by atoms with van der Waals surface area (Å²) in [5, 5.41) is 0. The van der Waals surface area contributed by atoms with Crippen molar-refractivity contribution in [1.29, 1.82) is 0 Å². The summed E-state index contributed by atoms with van der Waals surface area (Å²) in [6, 6.07) is 0. The molecule has 0 aromatic heterocycles. The van der Waals surface area contributed by atoms with Gasteiger partial charge in [0.1, 0.15) is 5.54 Å². The van der Waals surface area contributed by atoms with E-state index in [9.17, 15) is 0 Å². The van der Waals surface area contributed by atoms with E-state index in [-0.39, 0.29) is 6.10 Å². The summed E-state index contributed by atoms with van der Waals surface area (Å²) in [6.07, 6.45) is 8.85. The molecule has 0 saturated heterocycles. The zero-order valence-electron chi connectivity index (χ0n) is 16.2. The molecule has 0 aliphatic heterocycles. The van der Waals surface area contributed by atoms with Crippen LogP contribution in [-0.4, -0.2) is 45.6 Å². The van der Waals surface area contributed by atoms with Crippen molar-refractivity contribution in [3.8, 4) is 0 Å². The average molecular weight is 334 g/mol. The third-order valence-electron chi connectivity index (χ3n) is 4.39. The number of hydrogen-bond donors (Lipinski definition) is 1. The summed E-state index contributed by atoms with van der Waals surface area (Å²) >= 11 is 0. The van der Waals surface area contributed by atoms with Crippen LogP contribution in [0.15, 0.2) is 0 Å². The molecule has 0 spiro atoms. The van der Waals surface area contributed by atoms with E-state index in [1.807, 2.05) is 13.8 Å². The van der Waals surface area contributed by atoms with Crippen molar-refractivity contribution in [2.45, 2.75) is 89.8 Å². The topological polar surface area (TPSA) is 62.9 Å². The van der Waals surface area contributed by atoms with Gasteiger partial charge >= 0.3 is 5.97 Å². The van der Waals surface area contributed by atoms with E-state index in [2.05, 4.69) is 6.92 Å². The van der Waals surface area contributed by atoms with Gasteiger partial charge < -0.3 is 24.7 Å². The first-order chi connectivity index (χ1) is 10.9. The zero-order valence-corrected chi connectivity index (χ0v) is 16.2. The van der Waals surface area contributed by atoms with Crippen molar-refractivity contribution >= 4 is 0 Å². The van der Waals surface area contributed by atoms with Crippen molar-refractivity contribution in [3.63, 3.8) is 0 Å². The maximum absolute atomic E-state index is 6.68. The molecule has 0 aliphatic carbocycles. The lowest BCUT2D eigenvalue weighted by molar-refractivity contribution is -0.386. The average Bonchev–Trinajstić information content (AvgIpc) is 2.52. The first-order valence-electron chi connectivity index (χ1n) is 8.97. The molecule has 0 saturated carbocycles. The van der Waals surface area contributed by atoms with Crippen molar-refractivity contribution in [2.24, 2.45) is 5.73 Å². The maximum atomic E-state index is 6.68. The van der Waals surface area contributed by atoms with Crippen LogP contribution >= 0.6 is 0 Å². The van der Waals surface area contributed by atoms with Crippen LogP contribution in [-0.2, 0) is 18.9 Å². The molecule has 0 fully saturated rings. The highest BCUT2D eigenvalue weighted by Gasteiger charge is 2.50. The molecular formula is C18H39NO4. The van der Waals surface area contributed by atoms with Gasteiger partial charge in [-0.15, -0.1) is 0 Å². The van der Waals surface area contributed by atoms with Crippen molar-refractivity contribution in [2.75, 3.05) is 27.9 Å². The van der Waals surface area contributed by atoms with Gasteiger partial charge in [-0.2, -0.15) is 0 Å². The second kappa shape index (κ2) is 12.2. The molecular weight excluding hydrogens is 294 g/mol. The monoisotopic (exact) mass is 333 g/mol. The van der Waals surface area contributed by atoms with Crippen LogP contribution < -0.4 is 5.73 Å². The van der Waals surface area contributed by atoms with Crippen molar-refractivity contribution < 1.29 is 18.9 Å². The van der Waals surface area contributed by atoms with E-state index in [0.717, 1.165) is 19.3 Å². The highest BCUT2D eigenvalue weighted by atomic mass is 16.9. The van der Waals surface area contributed by atoms with Gasteiger partial charge in [0.25, 0.3) is 0 Å². The van der Waals surface area contributed by atoms with Crippen LogP contribution in [0.1, 0.15) is 72.1 Å². The molecule has 1 unspecified atom stereocenters. The standard InChI is InChI=1S/C18H39NO4/c1-7-8-9-10-11-12-13-17(19,14-15-23-16(2)3)18(20-4,21-5)22-6/h16H,7-15,19H2,1-6H3. The summed E-state index contributed by atoms with van der Waals surface area (Å²) in [5.74, 6) is -1.24. The largest absolute Gasteiger partial charge is 0.379 e. The molecule has 0 aliphatic rings. The highest BCUT2D eigenvalue weighted by Crippen LogP contribution is 2.33. The van der Waals surface area contributed by atoms with Crippen LogP contribution in [0, 0.1) is 0 Å². The molecule has 0 bridgehead atoms. The fourth-order valence-corrected chi connectivity index (χ4v) is 2.99. The lowest BCUT2D eigenvalue weighted by Gasteiger charge is -2.44. The van der Waals surface area contributed by atoms with Gasteiger partial charge in [0.05, 0.1) is 6.10 Å². The Kier molecular flexibility index (Phi) is 12.1.